The molecule has 0 saturated heterocycles. The highest BCUT2D eigenvalue weighted by molar-refractivity contribution is 5.77. The topological polar surface area (TPSA) is 83.5 Å². The summed E-state index contributed by atoms with van der Waals surface area (Å²) in [7, 11) is 0. The van der Waals surface area contributed by atoms with Crippen molar-refractivity contribution >= 4 is 11.7 Å². The number of hydrogen-bond donors (Lipinski definition) is 3. The van der Waals surface area contributed by atoms with Gasteiger partial charge in [0.15, 0.2) is 6.10 Å². The molecule has 0 aromatic heterocycles. The predicted octanol–water partition coefficient (Wildman–Crippen LogP) is 2.42. The van der Waals surface area contributed by atoms with E-state index in [9.17, 15) is 31.1 Å². The number of rotatable bonds is 2. The lowest BCUT2D eigenvalue weighted by atomic mass is 9.94. The van der Waals surface area contributed by atoms with Crippen molar-refractivity contribution in [3.8, 4) is 0 Å². The van der Waals surface area contributed by atoms with Gasteiger partial charge in [0, 0.05) is 11.3 Å². The first-order chi connectivity index (χ1) is 8.87. The van der Waals surface area contributed by atoms with Crippen molar-refractivity contribution in [1.29, 1.82) is 0 Å². The molecule has 0 aliphatic rings. The zero-order chi connectivity index (χ0) is 15.9. The summed E-state index contributed by atoms with van der Waals surface area (Å²) in [6.45, 7) is 0. The number of nitrogens with two attached hydrogens (primary N) is 1. The van der Waals surface area contributed by atoms with Crippen LogP contribution in [-0.2, 0) is 17.1 Å². The van der Waals surface area contributed by atoms with Gasteiger partial charge < -0.3 is 15.9 Å². The first-order valence-electron chi connectivity index (χ1n) is 4.85. The van der Waals surface area contributed by atoms with Crippen molar-refractivity contribution in [2.45, 2.75) is 18.5 Å². The van der Waals surface area contributed by atoms with Gasteiger partial charge in [-0.1, -0.05) is 0 Å². The van der Waals surface area contributed by atoms with Crippen molar-refractivity contribution in [1.82, 2.24) is 0 Å². The summed E-state index contributed by atoms with van der Waals surface area (Å²) in [5.74, 6) is -2.26. The monoisotopic (exact) mass is 303 g/mol. The number of aliphatic carboxylic acids is 1. The van der Waals surface area contributed by atoms with Gasteiger partial charge in [-0.2, -0.15) is 26.3 Å². The van der Waals surface area contributed by atoms with Crippen molar-refractivity contribution in [2.24, 2.45) is 0 Å². The molecule has 10 heteroatoms. The van der Waals surface area contributed by atoms with E-state index in [1.807, 2.05) is 0 Å². The van der Waals surface area contributed by atoms with Gasteiger partial charge in [-0.15, -0.1) is 0 Å². The second-order valence-electron chi connectivity index (χ2n) is 3.73. The molecule has 4 nitrogen and oxygen atoms in total. The summed E-state index contributed by atoms with van der Waals surface area (Å²) in [6.07, 6.45) is -13.6. The molecule has 20 heavy (non-hydrogen) atoms. The van der Waals surface area contributed by atoms with E-state index < -0.39 is 46.8 Å². The molecule has 1 aromatic carbocycles. The summed E-state index contributed by atoms with van der Waals surface area (Å²) < 4.78 is 76.2. The van der Waals surface area contributed by atoms with E-state index in [1.54, 1.807) is 0 Å². The minimum absolute atomic E-state index is 0.187. The highest BCUT2D eigenvalue weighted by Gasteiger charge is 2.45. The molecule has 0 amide bonds. The molecule has 1 rings (SSSR count). The van der Waals surface area contributed by atoms with Crippen LogP contribution in [0.1, 0.15) is 22.8 Å². The third-order valence-electron chi connectivity index (χ3n) is 2.37. The van der Waals surface area contributed by atoms with Gasteiger partial charge in [-0.3, -0.25) is 0 Å². The first-order valence-corrected chi connectivity index (χ1v) is 4.85. The molecule has 0 heterocycles. The first kappa shape index (κ1) is 16.1. The zero-order valence-corrected chi connectivity index (χ0v) is 9.38. The Kier molecular flexibility index (Phi) is 3.90. The van der Waals surface area contributed by atoms with Gasteiger partial charge in [0.1, 0.15) is 0 Å². The molecular formula is C10H7F6NO3. The number of carboxylic acid groups (broad SMARTS) is 1. The molecule has 1 atom stereocenters. The number of carbonyl (C=O) groups is 1. The minimum atomic E-state index is -5.35. The van der Waals surface area contributed by atoms with Crippen LogP contribution in [0.3, 0.4) is 0 Å². The largest absolute Gasteiger partial charge is 0.479 e. The lowest BCUT2D eigenvalue weighted by Gasteiger charge is -2.21. The molecule has 0 aliphatic carbocycles. The normalized spacial score (nSPS) is 14.2. The van der Waals surface area contributed by atoms with E-state index >= 15 is 0 Å². The number of nitrogen functional groups attached to an aromatic ring is 1. The van der Waals surface area contributed by atoms with E-state index in [0.717, 1.165) is 0 Å². The smallest absolute Gasteiger partial charge is 0.418 e. The maximum absolute atomic E-state index is 12.7. The van der Waals surface area contributed by atoms with Crippen LogP contribution in [0.25, 0.3) is 0 Å². The fraction of sp³-hybridized carbons (Fsp3) is 0.300. The van der Waals surface area contributed by atoms with Crippen LogP contribution < -0.4 is 5.73 Å². The quantitative estimate of drug-likeness (QED) is 0.579. The highest BCUT2D eigenvalue weighted by atomic mass is 19.4. The molecule has 0 spiro atoms. The predicted molar refractivity (Wildman–Crippen MR) is 53.5 cm³/mol. The van der Waals surface area contributed by atoms with Crippen LogP contribution in [0.5, 0.6) is 0 Å². The number of halogens is 6. The number of hydrogen-bond acceptors (Lipinski definition) is 3. The Hall–Kier alpha value is -1.97. The summed E-state index contributed by atoms with van der Waals surface area (Å²) in [4.78, 5) is 10.5. The Bertz CT molecular complexity index is 537. The lowest BCUT2D eigenvalue weighted by Crippen LogP contribution is -2.24. The van der Waals surface area contributed by atoms with Gasteiger partial charge in [-0.05, 0) is 12.1 Å². The summed E-state index contributed by atoms with van der Waals surface area (Å²) >= 11 is 0. The summed E-state index contributed by atoms with van der Waals surface area (Å²) in [5.41, 5.74) is -1.89. The minimum Gasteiger partial charge on any atom is -0.479 e. The van der Waals surface area contributed by atoms with Gasteiger partial charge >= 0.3 is 18.3 Å². The van der Waals surface area contributed by atoms with E-state index in [-0.39, 0.29) is 6.07 Å². The van der Waals surface area contributed by atoms with E-state index in [2.05, 4.69) is 0 Å². The zero-order valence-electron chi connectivity index (χ0n) is 9.38. The second-order valence-corrected chi connectivity index (χ2v) is 3.73. The molecule has 0 saturated carbocycles. The molecule has 0 aliphatic heterocycles. The standard InChI is InChI=1S/C10H7F6NO3/c11-9(12,13)3-1-2-4(17)6(10(14,15)16)5(3)7(18)8(19)20/h1-2,7,18H,17H2,(H,19,20). The molecule has 4 N–H and O–H groups in total. The number of carboxylic acids is 1. The summed E-state index contributed by atoms with van der Waals surface area (Å²) in [5, 5.41) is 17.6. The van der Waals surface area contributed by atoms with Crippen LogP contribution in [0.2, 0.25) is 0 Å². The van der Waals surface area contributed by atoms with Crippen molar-refractivity contribution < 1.29 is 41.4 Å². The molecule has 0 radical (unpaired) electrons. The van der Waals surface area contributed by atoms with Crippen LogP contribution in [-0.4, -0.2) is 16.2 Å². The molecule has 112 valence electrons. The third-order valence-corrected chi connectivity index (χ3v) is 2.37. The Balaban J connectivity index is 3.79. The lowest BCUT2D eigenvalue weighted by molar-refractivity contribution is -0.152. The highest BCUT2D eigenvalue weighted by Crippen LogP contribution is 2.44. The summed E-state index contributed by atoms with van der Waals surface area (Å²) in [6, 6.07) is 0.537. The molecular weight excluding hydrogens is 296 g/mol. The van der Waals surface area contributed by atoms with E-state index in [4.69, 9.17) is 15.9 Å². The molecule has 1 unspecified atom stereocenters. The van der Waals surface area contributed by atoms with E-state index in [1.165, 1.54) is 0 Å². The number of anilines is 1. The number of aliphatic hydroxyl groups excluding tert-OH is 1. The molecule has 1 aromatic rings. The number of benzene rings is 1. The Morgan fingerprint density at radius 1 is 1.10 bits per heavy atom. The van der Waals surface area contributed by atoms with Gasteiger partial charge in [0.2, 0.25) is 0 Å². The maximum atomic E-state index is 12.7. The molecule has 0 bridgehead atoms. The Labute approximate surface area is 107 Å². The van der Waals surface area contributed by atoms with Gasteiger partial charge in [-0.25, -0.2) is 4.79 Å². The fourth-order valence-corrected chi connectivity index (χ4v) is 1.61. The fourth-order valence-electron chi connectivity index (χ4n) is 1.61. The van der Waals surface area contributed by atoms with Crippen LogP contribution in [0.15, 0.2) is 12.1 Å². The van der Waals surface area contributed by atoms with Gasteiger partial charge in [0.25, 0.3) is 0 Å². The van der Waals surface area contributed by atoms with Gasteiger partial charge in [0.05, 0.1) is 11.1 Å². The van der Waals surface area contributed by atoms with Crippen molar-refractivity contribution in [3.05, 3.63) is 28.8 Å². The van der Waals surface area contributed by atoms with E-state index in [0.29, 0.717) is 6.07 Å². The average molecular weight is 303 g/mol. The third kappa shape index (κ3) is 2.95. The second kappa shape index (κ2) is 4.85. The maximum Gasteiger partial charge on any atom is 0.418 e. The number of alkyl halides is 6. The van der Waals surface area contributed by atoms with Crippen LogP contribution >= 0.6 is 0 Å². The Morgan fingerprint density at radius 3 is 1.95 bits per heavy atom. The van der Waals surface area contributed by atoms with Crippen molar-refractivity contribution in [3.63, 3.8) is 0 Å². The van der Waals surface area contributed by atoms with Crippen molar-refractivity contribution in [2.75, 3.05) is 5.73 Å². The number of aliphatic hydroxyl groups is 1. The Morgan fingerprint density at radius 2 is 1.60 bits per heavy atom. The van der Waals surface area contributed by atoms with Crippen LogP contribution in [0, 0.1) is 0 Å². The average Bonchev–Trinajstić information content (AvgIpc) is 2.23. The SMILES string of the molecule is Nc1ccc(C(F)(F)F)c(C(O)C(=O)O)c1C(F)(F)F. The van der Waals surface area contributed by atoms with Crippen LogP contribution in [0.4, 0.5) is 32.0 Å². The molecule has 0 fully saturated rings.